The minimum absolute atomic E-state index is 0.388. The van der Waals surface area contributed by atoms with Crippen LogP contribution in [-0.4, -0.2) is 20.2 Å². The molecule has 3 rings (SSSR count). The molecule has 2 heterocycles. The van der Waals surface area contributed by atoms with Crippen LogP contribution in [0.2, 0.25) is 5.15 Å². The molecule has 3 aromatic rings. The Morgan fingerprint density at radius 3 is 2.61 bits per heavy atom. The average molecular weight is 258 g/mol. The second-order valence-corrected chi connectivity index (χ2v) is 3.96. The van der Waals surface area contributed by atoms with E-state index in [1.807, 2.05) is 24.3 Å². The maximum absolute atomic E-state index is 6.00. The Hall–Kier alpha value is -2.27. The van der Waals surface area contributed by atoms with E-state index in [2.05, 4.69) is 25.5 Å². The molecular formula is C12H8ClN5. The lowest BCUT2D eigenvalue weighted by atomic mass is 10.2. The molecule has 6 heteroatoms. The first-order valence-electron chi connectivity index (χ1n) is 5.28. The van der Waals surface area contributed by atoms with E-state index in [-0.39, 0.29) is 0 Å². The third-order valence-corrected chi connectivity index (χ3v) is 2.75. The van der Waals surface area contributed by atoms with Crippen LogP contribution in [0.4, 0.5) is 11.6 Å². The highest BCUT2D eigenvalue weighted by atomic mass is 35.5. The van der Waals surface area contributed by atoms with Crippen molar-refractivity contribution in [2.75, 3.05) is 5.32 Å². The van der Waals surface area contributed by atoms with Crippen LogP contribution in [0.1, 0.15) is 0 Å². The number of rotatable bonds is 2. The number of aromatic nitrogens is 4. The van der Waals surface area contributed by atoms with E-state index in [0.29, 0.717) is 16.8 Å². The lowest BCUT2D eigenvalue weighted by molar-refractivity contribution is 1.05. The lowest BCUT2D eigenvalue weighted by Crippen LogP contribution is -1.99. The normalized spacial score (nSPS) is 10.5. The van der Waals surface area contributed by atoms with E-state index in [1.54, 1.807) is 12.3 Å². The molecule has 0 saturated carbocycles. The molecule has 88 valence electrons. The highest BCUT2D eigenvalue weighted by Crippen LogP contribution is 2.26. The third kappa shape index (κ3) is 1.96. The molecule has 0 radical (unpaired) electrons. The summed E-state index contributed by atoms with van der Waals surface area (Å²) in [5, 5.41) is 13.2. The van der Waals surface area contributed by atoms with E-state index in [4.69, 9.17) is 11.6 Å². The van der Waals surface area contributed by atoms with Gasteiger partial charge in [-0.15, -0.1) is 10.2 Å². The van der Waals surface area contributed by atoms with Crippen molar-refractivity contribution in [3.05, 3.63) is 48.0 Å². The maximum Gasteiger partial charge on any atom is 0.162 e. The molecule has 0 fully saturated rings. The van der Waals surface area contributed by atoms with E-state index in [0.717, 1.165) is 10.8 Å². The number of hydrogen-bond donors (Lipinski definition) is 1. The molecule has 0 amide bonds. The van der Waals surface area contributed by atoms with Crippen molar-refractivity contribution in [3.63, 3.8) is 0 Å². The van der Waals surface area contributed by atoms with Gasteiger partial charge in [0.05, 0.1) is 0 Å². The SMILES string of the molecule is Clc1nnc(Nc2ccncn2)c2ccccc12. The van der Waals surface area contributed by atoms with Crippen molar-refractivity contribution in [1.29, 1.82) is 0 Å². The van der Waals surface area contributed by atoms with Gasteiger partial charge in [-0.1, -0.05) is 35.9 Å². The number of fused-ring (bicyclic) bond motifs is 1. The Kier molecular flexibility index (Phi) is 2.74. The van der Waals surface area contributed by atoms with Gasteiger partial charge in [-0.2, -0.15) is 0 Å². The van der Waals surface area contributed by atoms with Crippen LogP contribution >= 0.6 is 11.6 Å². The Bertz CT molecular complexity index is 686. The van der Waals surface area contributed by atoms with Crippen LogP contribution in [-0.2, 0) is 0 Å². The molecule has 2 aromatic heterocycles. The van der Waals surface area contributed by atoms with Gasteiger partial charge in [0.15, 0.2) is 11.0 Å². The second-order valence-electron chi connectivity index (χ2n) is 3.60. The molecule has 0 unspecified atom stereocenters. The van der Waals surface area contributed by atoms with Crippen molar-refractivity contribution in [3.8, 4) is 0 Å². The zero-order valence-corrected chi connectivity index (χ0v) is 9.96. The summed E-state index contributed by atoms with van der Waals surface area (Å²) < 4.78 is 0. The van der Waals surface area contributed by atoms with Crippen molar-refractivity contribution in [2.45, 2.75) is 0 Å². The molecule has 1 N–H and O–H groups in total. The Balaban J connectivity index is 2.10. The van der Waals surface area contributed by atoms with Gasteiger partial charge in [0.25, 0.3) is 0 Å². The third-order valence-electron chi connectivity index (χ3n) is 2.47. The Morgan fingerprint density at radius 1 is 1.00 bits per heavy atom. The molecule has 0 bridgehead atoms. The van der Waals surface area contributed by atoms with Crippen LogP contribution in [0.5, 0.6) is 0 Å². The molecule has 0 aliphatic carbocycles. The second kappa shape index (κ2) is 4.54. The summed E-state index contributed by atoms with van der Waals surface area (Å²) in [6.45, 7) is 0. The molecule has 1 aromatic carbocycles. The van der Waals surface area contributed by atoms with Crippen LogP contribution < -0.4 is 5.32 Å². The van der Waals surface area contributed by atoms with Gasteiger partial charge >= 0.3 is 0 Å². The first kappa shape index (κ1) is 10.9. The predicted octanol–water partition coefficient (Wildman–Crippen LogP) is 2.82. The Labute approximate surface area is 108 Å². The van der Waals surface area contributed by atoms with Gasteiger partial charge in [0, 0.05) is 17.0 Å². The minimum atomic E-state index is 0.388. The first-order chi connectivity index (χ1) is 8.84. The zero-order chi connectivity index (χ0) is 12.4. The summed E-state index contributed by atoms with van der Waals surface area (Å²) in [6.07, 6.45) is 3.12. The van der Waals surface area contributed by atoms with Gasteiger partial charge in [-0.05, 0) is 6.07 Å². The quantitative estimate of drug-likeness (QED) is 0.765. The standard InChI is InChI=1S/C12H8ClN5/c13-11-8-3-1-2-4-9(8)12(18-17-11)16-10-5-6-14-7-15-10/h1-7H,(H,14,15,16,18). The molecule has 0 aliphatic rings. The molecular weight excluding hydrogens is 250 g/mol. The molecule has 0 spiro atoms. The van der Waals surface area contributed by atoms with E-state index in [9.17, 15) is 0 Å². The van der Waals surface area contributed by atoms with Crippen molar-refractivity contribution in [2.24, 2.45) is 0 Å². The average Bonchev–Trinajstić information content (AvgIpc) is 2.44. The van der Waals surface area contributed by atoms with Crippen LogP contribution in [0.3, 0.4) is 0 Å². The van der Waals surface area contributed by atoms with Gasteiger partial charge < -0.3 is 5.32 Å². The highest BCUT2D eigenvalue weighted by Gasteiger charge is 2.07. The topological polar surface area (TPSA) is 63.6 Å². The fourth-order valence-electron chi connectivity index (χ4n) is 1.65. The summed E-state index contributed by atoms with van der Waals surface area (Å²) in [7, 11) is 0. The molecule has 18 heavy (non-hydrogen) atoms. The molecule has 0 aliphatic heterocycles. The number of anilines is 2. The largest absolute Gasteiger partial charge is 0.323 e. The summed E-state index contributed by atoms with van der Waals surface area (Å²) >= 11 is 6.00. The zero-order valence-electron chi connectivity index (χ0n) is 9.21. The molecule has 0 atom stereocenters. The van der Waals surface area contributed by atoms with Crippen LogP contribution in [0.15, 0.2) is 42.9 Å². The van der Waals surface area contributed by atoms with E-state index in [1.165, 1.54) is 6.33 Å². The minimum Gasteiger partial charge on any atom is -0.323 e. The van der Waals surface area contributed by atoms with Gasteiger partial charge in [-0.3, -0.25) is 0 Å². The summed E-state index contributed by atoms with van der Waals surface area (Å²) in [5.74, 6) is 1.28. The number of hydrogen-bond acceptors (Lipinski definition) is 5. The van der Waals surface area contributed by atoms with E-state index >= 15 is 0 Å². The number of nitrogens with zero attached hydrogens (tertiary/aromatic N) is 4. The molecule has 0 saturated heterocycles. The van der Waals surface area contributed by atoms with Crippen LogP contribution in [0.25, 0.3) is 10.8 Å². The predicted molar refractivity (Wildman–Crippen MR) is 69.9 cm³/mol. The summed E-state index contributed by atoms with van der Waals surface area (Å²) in [4.78, 5) is 7.94. The number of halogens is 1. The summed E-state index contributed by atoms with van der Waals surface area (Å²) in [6, 6.07) is 9.41. The fourth-order valence-corrected chi connectivity index (χ4v) is 1.85. The monoisotopic (exact) mass is 257 g/mol. The summed E-state index contributed by atoms with van der Waals surface area (Å²) in [5.41, 5.74) is 0. The Morgan fingerprint density at radius 2 is 1.83 bits per heavy atom. The first-order valence-corrected chi connectivity index (χ1v) is 5.66. The van der Waals surface area contributed by atoms with Crippen molar-refractivity contribution < 1.29 is 0 Å². The van der Waals surface area contributed by atoms with Crippen LogP contribution in [0, 0.1) is 0 Å². The van der Waals surface area contributed by atoms with Gasteiger partial charge in [0.2, 0.25) is 0 Å². The lowest BCUT2D eigenvalue weighted by Gasteiger charge is -2.07. The number of benzene rings is 1. The maximum atomic E-state index is 6.00. The smallest absolute Gasteiger partial charge is 0.162 e. The van der Waals surface area contributed by atoms with Gasteiger partial charge in [-0.25, -0.2) is 9.97 Å². The van der Waals surface area contributed by atoms with Crippen molar-refractivity contribution >= 4 is 34.0 Å². The van der Waals surface area contributed by atoms with Gasteiger partial charge in [0.1, 0.15) is 12.1 Å². The highest BCUT2D eigenvalue weighted by molar-refractivity contribution is 6.34. The van der Waals surface area contributed by atoms with E-state index < -0.39 is 0 Å². The fraction of sp³-hybridized carbons (Fsp3) is 0. The van der Waals surface area contributed by atoms with Crippen molar-refractivity contribution in [1.82, 2.24) is 20.2 Å². The molecule has 5 nitrogen and oxygen atoms in total. The number of nitrogens with one attached hydrogen (secondary N) is 1.